The molecule has 1 rings (SSSR count). The van der Waals surface area contributed by atoms with Crippen LogP contribution in [-0.4, -0.2) is 24.5 Å². The predicted molar refractivity (Wildman–Crippen MR) is 75.8 cm³/mol. The monoisotopic (exact) mass is 270 g/mol. The van der Waals surface area contributed by atoms with Crippen LogP contribution in [0.5, 0.6) is 0 Å². The molecule has 0 radical (unpaired) electrons. The van der Waals surface area contributed by atoms with E-state index in [-0.39, 0.29) is 5.91 Å². The maximum Gasteiger partial charge on any atom is 0.286 e. The standard InChI is InChI=1S/C13H22N2O2S/c1-18-9-5-3-2-4-8-15-13(16)12-7-6-11(10-14)17-12/h6-7H,2-5,8-10,14H2,1H3,(H,15,16). The minimum Gasteiger partial charge on any atom is -0.455 e. The maximum atomic E-state index is 11.7. The number of thioether (sulfide) groups is 1. The van der Waals surface area contributed by atoms with Crippen LogP contribution >= 0.6 is 11.8 Å². The van der Waals surface area contributed by atoms with Gasteiger partial charge in [0.1, 0.15) is 5.76 Å². The van der Waals surface area contributed by atoms with E-state index in [1.54, 1.807) is 12.1 Å². The van der Waals surface area contributed by atoms with Gasteiger partial charge in [-0.3, -0.25) is 4.79 Å². The first-order chi connectivity index (χ1) is 8.77. The average molecular weight is 270 g/mol. The van der Waals surface area contributed by atoms with Crippen LogP contribution in [0.1, 0.15) is 42.0 Å². The van der Waals surface area contributed by atoms with Gasteiger partial charge in [0.25, 0.3) is 5.91 Å². The summed E-state index contributed by atoms with van der Waals surface area (Å²) in [6.45, 7) is 1.03. The minimum atomic E-state index is -0.154. The third kappa shape index (κ3) is 5.60. The van der Waals surface area contributed by atoms with Crippen molar-refractivity contribution >= 4 is 17.7 Å². The van der Waals surface area contributed by atoms with Gasteiger partial charge in [0.05, 0.1) is 6.54 Å². The number of rotatable bonds is 9. The molecule has 0 fully saturated rings. The second kappa shape index (κ2) is 9.05. The highest BCUT2D eigenvalue weighted by atomic mass is 32.2. The van der Waals surface area contributed by atoms with Gasteiger partial charge in [-0.05, 0) is 37.0 Å². The van der Waals surface area contributed by atoms with Crippen LogP contribution in [0, 0.1) is 0 Å². The van der Waals surface area contributed by atoms with E-state index in [9.17, 15) is 4.79 Å². The molecule has 1 aromatic heterocycles. The van der Waals surface area contributed by atoms with Crippen molar-refractivity contribution in [2.45, 2.75) is 32.2 Å². The van der Waals surface area contributed by atoms with Gasteiger partial charge in [0.15, 0.2) is 5.76 Å². The lowest BCUT2D eigenvalue weighted by molar-refractivity contribution is 0.0923. The zero-order chi connectivity index (χ0) is 13.2. The summed E-state index contributed by atoms with van der Waals surface area (Å²) in [5, 5.41) is 2.85. The molecule has 18 heavy (non-hydrogen) atoms. The minimum absolute atomic E-state index is 0.154. The van der Waals surface area contributed by atoms with Crippen molar-refractivity contribution < 1.29 is 9.21 Å². The Labute approximate surface area is 113 Å². The zero-order valence-corrected chi connectivity index (χ0v) is 11.7. The molecular weight excluding hydrogens is 248 g/mol. The van der Waals surface area contributed by atoms with Gasteiger partial charge in [-0.25, -0.2) is 0 Å². The van der Waals surface area contributed by atoms with Crippen molar-refractivity contribution in [3.8, 4) is 0 Å². The number of nitrogens with two attached hydrogens (primary N) is 1. The normalized spacial score (nSPS) is 10.6. The van der Waals surface area contributed by atoms with Crippen LogP contribution in [-0.2, 0) is 6.54 Å². The van der Waals surface area contributed by atoms with Crippen LogP contribution in [0.15, 0.2) is 16.5 Å². The fourth-order valence-electron chi connectivity index (χ4n) is 1.62. The second-order valence-electron chi connectivity index (χ2n) is 4.13. The molecule has 0 saturated carbocycles. The molecule has 0 spiro atoms. The lowest BCUT2D eigenvalue weighted by Gasteiger charge is -2.03. The van der Waals surface area contributed by atoms with E-state index in [2.05, 4.69) is 11.6 Å². The number of carbonyl (C=O) groups is 1. The van der Waals surface area contributed by atoms with Crippen LogP contribution in [0.4, 0.5) is 0 Å². The molecule has 3 N–H and O–H groups in total. The molecule has 1 heterocycles. The Morgan fingerprint density at radius 1 is 1.33 bits per heavy atom. The Morgan fingerprint density at radius 2 is 2.11 bits per heavy atom. The molecule has 4 nitrogen and oxygen atoms in total. The number of furan rings is 1. The Hall–Kier alpha value is -0.940. The van der Waals surface area contributed by atoms with Gasteiger partial charge >= 0.3 is 0 Å². The first-order valence-corrected chi connectivity index (χ1v) is 7.73. The molecule has 0 atom stereocenters. The summed E-state index contributed by atoms with van der Waals surface area (Å²) in [5.74, 6) is 2.05. The molecule has 0 aliphatic carbocycles. The highest BCUT2D eigenvalue weighted by Crippen LogP contribution is 2.07. The Balaban J connectivity index is 2.10. The van der Waals surface area contributed by atoms with Crippen LogP contribution in [0.2, 0.25) is 0 Å². The molecule has 0 bridgehead atoms. The van der Waals surface area contributed by atoms with Crippen LogP contribution in [0.3, 0.4) is 0 Å². The van der Waals surface area contributed by atoms with Gasteiger partial charge in [-0.1, -0.05) is 12.8 Å². The summed E-state index contributed by atoms with van der Waals surface area (Å²) >= 11 is 1.88. The van der Waals surface area contributed by atoms with Crippen molar-refractivity contribution in [3.05, 3.63) is 23.7 Å². The van der Waals surface area contributed by atoms with Crippen molar-refractivity contribution in [2.75, 3.05) is 18.6 Å². The molecule has 0 saturated heterocycles. The SMILES string of the molecule is CSCCCCCCNC(=O)c1ccc(CN)o1. The second-order valence-corrected chi connectivity index (χ2v) is 5.12. The smallest absolute Gasteiger partial charge is 0.286 e. The average Bonchev–Trinajstić information content (AvgIpc) is 2.86. The largest absolute Gasteiger partial charge is 0.455 e. The van der Waals surface area contributed by atoms with E-state index < -0.39 is 0 Å². The third-order valence-electron chi connectivity index (χ3n) is 2.65. The maximum absolute atomic E-state index is 11.7. The van der Waals surface area contributed by atoms with E-state index in [1.165, 1.54) is 18.6 Å². The summed E-state index contributed by atoms with van der Waals surface area (Å²) in [4.78, 5) is 11.7. The lowest BCUT2D eigenvalue weighted by atomic mass is 10.2. The highest BCUT2D eigenvalue weighted by Gasteiger charge is 2.09. The molecule has 0 unspecified atom stereocenters. The number of unbranched alkanes of at least 4 members (excludes halogenated alkanes) is 3. The molecule has 0 aliphatic rings. The Morgan fingerprint density at radius 3 is 2.78 bits per heavy atom. The molecule has 102 valence electrons. The van der Waals surface area contributed by atoms with E-state index in [4.69, 9.17) is 10.2 Å². The molecule has 1 amide bonds. The Bertz CT molecular complexity index is 353. The van der Waals surface area contributed by atoms with E-state index in [1.807, 2.05) is 11.8 Å². The van der Waals surface area contributed by atoms with E-state index in [0.717, 1.165) is 12.8 Å². The van der Waals surface area contributed by atoms with Gasteiger partial charge < -0.3 is 15.5 Å². The Kier molecular flexibility index (Phi) is 7.60. The summed E-state index contributed by atoms with van der Waals surface area (Å²) < 4.78 is 5.26. The number of hydrogen-bond donors (Lipinski definition) is 2. The highest BCUT2D eigenvalue weighted by molar-refractivity contribution is 7.98. The van der Waals surface area contributed by atoms with E-state index in [0.29, 0.717) is 24.6 Å². The lowest BCUT2D eigenvalue weighted by Crippen LogP contribution is -2.23. The molecule has 0 aliphatic heterocycles. The number of hydrogen-bond acceptors (Lipinski definition) is 4. The molecule has 5 heteroatoms. The van der Waals surface area contributed by atoms with Crippen molar-refractivity contribution in [3.63, 3.8) is 0 Å². The quantitative estimate of drug-likeness (QED) is 0.676. The van der Waals surface area contributed by atoms with Gasteiger partial charge in [-0.15, -0.1) is 0 Å². The van der Waals surface area contributed by atoms with E-state index >= 15 is 0 Å². The summed E-state index contributed by atoms with van der Waals surface area (Å²) in [7, 11) is 0. The van der Waals surface area contributed by atoms with Crippen molar-refractivity contribution in [1.82, 2.24) is 5.32 Å². The predicted octanol–water partition coefficient (Wildman–Crippen LogP) is 2.39. The van der Waals surface area contributed by atoms with Crippen molar-refractivity contribution in [2.24, 2.45) is 5.73 Å². The van der Waals surface area contributed by atoms with Gasteiger partial charge in [0, 0.05) is 6.54 Å². The fourth-order valence-corrected chi connectivity index (χ4v) is 2.12. The molecule has 1 aromatic rings. The molecular formula is C13H22N2O2S. The topological polar surface area (TPSA) is 68.3 Å². The van der Waals surface area contributed by atoms with Gasteiger partial charge in [-0.2, -0.15) is 11.8 Å². The third-order valence-corrected chi connectivity index (χ3v) is 3.34. The number of carbonyl (C=O) groups excluding carboxylic acids is 1. The van der Waals surface area contributed by atoms with Crippen LogP contribution < -0.4 is 11.1 Å². The van der Waals surface area contributed by atoms with Gasteiger partial charge in [0.2, 0.25) is 0 Å². The summed E-state index contributed by atoms with van der Waals surface area (Å²) in [5.41, 5.74) is 5.42. The first-order valence-electron chi connectivity index (χ1n) is 6.34. The summed E-state index contributed by atoms with van der Waals surface area (Å²) in [6, 6.07) is 3.40. The zero-order valence-electron chi connectivity index (χ0n) is 10.9. The number of nitrogens with one attached hydrogen (secondary N) is 1. The fraction of sp³-hybridized carbons (Fsp3) is 0.615. The van der Waals surface area contributed by atoms with Crippen LogP contribution in [0.25, 0.3) is 0 Å². The number of amides is 1. The first kappa shape index (κ1) is 15.1. The summed E-state index contributed by atoms with van der Waals surface area (Å²) in [6.07, 6.45) is 6.79. The van der Waals surface area contributed by atoms with Crippen molar-refractivity contribution in [1.29, 1.82) is 0 Å². The molecule has 0 aromatic carbocycles.